The highest BCUT2D eigenvalue weighted by Crippen LogP contribution is 2.49. The average molecular weight is 369 g/mol. The second-order valence-electron chi connectivity index (χ2n) is 7.87. The Kier molecular flexibility index (Phi) is 3.91. The van der Waals surface area contributed by atoms with Gasteiger partial charge < -0.3 is 14.8 Å². The number of H-pyrrole nitrogens is 2. The van der Waals surface area contributed by atoms with E-state index in [1.54, 1.807) is 26.4 Å². The monoisotopic (exact) mass is 369 g/mol. The summed E-state index contributed by atoms with van der Waals surface area (Å²) in [7, 11) is 3.16. The SMILES string of the molecule is COc1ccc(OC)c([C@@H]2C3=C(CC(C)(C)CC3=O)Nc3[nH][nH]c(=O)c32)c1. The summed E-state index contributed by atoms with van der Waals surface area (Å²) in [5, 5.41) is 8.81. The van der Waals surface area contributed by atoms with Gasteiger partial charge in [0.15, 0.2) is 5.78 Å². The van der Waals surface area contributed by atoms with E-state index in [0.29, 0.717) is 34.9 Å². The number of rotatable bonds is 3. The summed E-state index contributed by atoms with van der Waals surface area (Å²) in [4.78, 5) is 25.7. The van der Waals surface area contributed by atoms with Crippen molar-refractivity contribution in [2.75, 3.05) is 19.5 Å². The lowest BCUT2D eigenvalue weighted by molar-refractivity contribution is -0.118. The first-order valence-corrected chi connectivity index (χ1v) is 8.90. The molecule has 1 aliphatic heterocycles. The van der Waals surface area contributed by atoms with Crippen LogP contribution < -0.4 is 20.3 Å². The molecule has 1 aliphatic carbocycles. The number of hydrogen-bond donors (Lipinski definition) is 3. The lowest BCUT2D eigenvalue weighted by Gasteiger charge is -2.38. The number of aromatic nitrogens is 2. The molecule has 1 aromatic carbocycles. The number of anilines is 1. The Bertz CT molecular complexity index is 1010. The first kappa shape index (κ1) is 17.5. The molecule has 27 heavy (non-hydrogen) atoms. The highest BCUT2D eigenvalue weighted by atomic mass is 16.5. The number of allylic oxidation sites excluding steroid dienone is 2. The van der Waals surface area contributed by atoms with Gasteiger partial charge in [-0.05, 0) is 30.0 Å². The maximum atomic E-state index is 13.1. The number of ether oxygens (including phenoxy) is 2. The second kappa shape index (κ2) is 6.04. The number of carbonyl (C=O) groups excluding carboxylic acids is 1. The van der Waals surface area contributed by atoms with Crippen LogP contribution in [0, 0.1) is 5.41 Å². The lowest BCUT2D eigenvalue weighted by atomic mass is 9.69. The molecule has 0 unspecified atom stereocenters. The van der Waals surface area contributed by atoms with Gasteiger partial charge in [-0.1, -0.05) is 13.8 Å². The predicted molar refractivity (Wildman–Crippen MR) is 101 cm³/mol. The van der Waals surface area contributed by atoms with Gasteiger partial charge >= 0.3 is 0 Å². The molecular formula is C20H23N3O4. The van der Waals surface area contributed by atoms with E-state index >= 15 is 0 Å². The molecule has 7 heteroatoms. The van der Waals surface area contributed by atoms with Crippen molar-refractivity contribution in [3.8, 4) is 11.5 Å². The van der Waals surface area contributed by atoms with Gasteiger partial charge in [0.25, 0.3) is 5.56 Å². The molecular weight excluding hydrogens is 346 g/mol. The molecule has 3 N–H and O–H groups in total. The number of aromatic amines is 2. The standard InChI is InChI=1S/C20H23N3O4/c1-20(2)8-12-16(13(24)9-20)15(17-18(21-12)22-23-19(17)25)11-7-10(26-3)5-6-14(11)27-4/h5-7,15H,8-9H2,1-4H3,(H3,21,22,23,25)/t15-/m1/s1. The number of fused-ring (bicyclic) bond motifs is 1. The number of methoxy groups -OCH3 is 2. The minimum Gasteiger partial charge on any atom is -0.497 e. The van der Waals surface area contributed by atoms with E-state index in [1.807, 2.05) is 6.07 Å². The predicted octanol–water partition coefficient (Wildman–Crippen LogP) is 2.92. The molecule has 0 saturated carbocycles. The van der Waals surface area contributed by atoms with Crippen LogP contribution in [-0.2, 0) is 4.79 Å². The number of carbonyl (C=O) groups is 1. The molecule has 0 spiro atoms. The van der Waals surface area contributed by atoms with E-state index in [4.69, 9.17) is 9.47 Å². The maximum Gasteiger partial charge on any atom is 0.270 e. The van der Waals surface area contributed by atoms with Crippen molar-refractivity contribution in [3.63, 3.8) is 0 Å². The Morgan fingerprint density at radius 1 is 1.07 bits per heavy atom. The fourth-order valence-corrected chi connectivity index (χ4v) is 4.19. The zero-order chi connectivity index (χ0) is 19.3. The molecule has 2 aliphatic rings. The molecule has 0 amide bonds. The van der Waals surface area contributed by atoms with Crippen LogP contribution in [0.25, 0.3) is 0 Å². The molecule has 0 fully saturated rings. The van der Waals surface area contributed by atoms with Crippen LogP contribution in [-0.4, -0.2) is 30.2 Å². The van der Waals surface area contributed by atoms with Gasteiger partial charge in [-0.25, -0.2) is 0 Å². The van der Waals surface area contributed by atoms with Gasteiger partial charge in [0.1, 0.15) is 17.3 Å². The Morgan fingerprint density at radius 3 is 2.56 bits per heavy atom. The topological polar surface area (TPSA) is 96.2 Å². The Balaban J connectivity index is 1.99. The average Bonchev–Trinajstić information content (AvgIpc) is 2.99. The first-order valence-electron chi connectivity index (χ1n) is 8.90. The molecule has 4 rings (SSSR count). The summed E-state index contributed by atoms with van der Waals surface area (Å²) in [6.07, 6.45) is 1.16. The molecule has 0 radical (unpaired) electrons. The molecule has 0 bridgehead atoms. The van der Waals surface area contributed by atoms with Crippen LogP contribution >= 0.6 is 0 Å². The van der Waals surface area contributed by atoms with Gasteiger partial charge in [0.05, 0.1) is 25.7 Å². The van der Waals surface area contributed by atoms with Crippen LogP contribution in [0.1, 0.15) is 43.7 Å². The number of hydrogen-bond acceptors (Lipinski definition) is 5. The Labute approximate surface area is 156 Å². The third-order valence-corrected chi connectivity index (χ3v) is 5.34. The molecule has 142 valence electrons. The number of ketones is 1. The van der Waals surface area contributed by atoms with Gasteiger partial charge in [-0.3, -0.25) is 19.8 Å². The van der Waals surface area contributed by atoms with Crippen LogP contribution in [0.15, 0.2) is 34.3 Å². The smallest absolute Gasteiger partial charge is 0.270 e. The van der Waals surface area contributed by atoms with Crippen molar-refractivity contribution in [1.29, 1.82) is 0 Å². The maximum absolute atomic E-state index is 13.1. The first-order chi connectivity index (χ1) is 12.8. The molecule has 1 aromatic heterocycles. The fraction of sp³-hybridized carbons (Fsp3) is 0.400. The second-order valence-corrected chi connectivity index (χ2v) is 7.87. The van der Waals surface area contributed by atoms with Gasteiger partial charge in [-0.2, -0.15) is 0 Å². The van der Waals surface area contributed by atoms with E-state index in [-0.39, 0.29) is 16.8 Å². The largest absolute Gasteiger partial charge is 0.497 e. The third kappa shape index (κ3) is 2.74. The summed E-state index contributed by atoms with van der Waals surface area (Å²) < 4.78 is 10.9. The zero-order valence-corrected chi connectivity index (χ0v) is 15.9. The van der Waals surface area contributed by atoms with Crippen LogP contribution in [0.2, 0.25) is 0 Å². The van der Waals surface area contributed by atoms with Crippen LogP contribution in [0.5, 0.6) is 11.5 Å². The zero-order valence-electron chi connectivity index (χ0n) is 15.9. The van der Waals surface area contributed by atoms with E-state index in [1.165, 1.54) is 0 Å². The third-order valence-electron chi connectivity index (χ3n) is 5.34. The summed E-state index contributed by atoms with van der Waals surface area (Å²) in [6.45, 7) is 4.15. The van der Waals surface area contributed by atoms with Crippen molar-refractivity contribution >= 4 is 11.6 Å². The van der Waals surface area contributed by atoms with Crippen LogP contribution in [0.4, 0.5) is 5.82 Å². The van der Waals surface area contributed by atoms with Crippen molar-refractivity contribution in [2.45, 2.75) is 32.6 Å². The summed E-state index contributed by atoms with van der Waals surface area (Å²) in [5.41, 5.74) is 2.34. The highest BCUT2D eigenvalue weighted by molar-refractivity contribution is 6.01. The lowest BCUT2D eigenvalue weighted by Crippen LogP contribution is -2.35. The summed E-state index contributed by atoms with van der Waals surface area (Å²) in [5.74, 6) is 1.39. The summed E-state index contributed by atoms with van der Waals surface area (Å²) in [6, 6.07) is 5.43. The quantitative estimate of drug-likeness (QED) is 0.773. The number of nitrogens with one attached hydrogen (secondary N) is 3. The molecule has 2 aromatic rings. The van der Waals surface area contributed by atoms with Crippen molar-refractivity contribution in [2.24, 2.45) is 5.41 Å². The van der Waals surface area contributed by atoms with Crippen molar-refractivity contribution < 1.29 is 14.3 Å². The van der Waals surface area contributed by atoms with E-state index < -0.39 is 5.92 Å². The van der Waals surface area contributed by atoms with Gasteiger partial charge in [-0.15, -0.1) is 0 Å². The van der Waals surface area contributed by atoms with Gasteiger partial charge in [0, 0.05) is 23.3 Å². The van der Waals surface area contributed by atoms with Crippen molar-refractivity contribution in [3.05, 3.63) is 50.9 Å². The molecule has 1 atom stereocenters. The van der Waals surface area contributed by atoms with Crippen LogP contribution in [0.3, 0.4) is 0 Å². The molecule has 0 saturated heterocycles. The molecule has 7 nitrogen and oxygen atoms in total. The number of Topliss-reactive ketones (excluding diaryl/α,β-unsaturated/α-hetero) is 1. The van der Waals surface area contributed by atoms with E-state index in [2.05, 4.69) is 29.4 Å². The minimum atomic E-state index is -0.514. The summed E-state index contributed by atoms with van der Waals surface area (Å²) >= 11 is 0. The van der Waals surface area contributed by atoms with Crippen molar-refractivity contribution in [1.82, 2.24) is 10.2 Å². The molecule has 2 heterocycles. The minimum absolute atomic E-state index is 0.0508. The number of benzene rings is 1. The Hall–Kier alpha value is -2.96. The van der Waals surface area contributed by atoms with E-state index in [0.717, 1.165) is 17.7 Å². The normalized spacial score (nSPS) is 20.6. The van der Waals surface area contributed by atoms with Gasteiger partial charge in [0.2, 0.25) is 0 Å². The Morgan fingerprint density at radius 2 is 1.85 bits per heavy atom. The fourth-order valence-electron chi connectivity index (χ4n) is 4.19. The van der Waals surface area contributed by atoms with E-state index in [9.17, 15) is 9.59 Å². The highest BCUT2D eigenvalue weighted by Gasteiger charge is 2.43.